The van der Waals surface area contributed by atoms with E-state index in [4.69, 9.17) is 23.2 Å². The molecule has 0 radical (unpaired) electrons. The molecule has 0 bridgehead atoms. The second kappa shape index (κ2) is 5.76. The summed E-state index contributed by atoms with van der Waals surface area (Å²) in [5.74, 6) is 0. The third-order valence-electron chi connectivity index (χ3n) is 2.35. The summed E-state index contributed by atoms with van der Waals surface area (Å²) >= 11 is 15.3. The van der Waals surface area contributed by atoms with Crippen LogP contribution in [-0.4, -0.2) is 0 Å². The standard InChI is InChI=1S/C13H10BrCl2N/c14-13-11(16)2-1-3-12(13)17-8-9-4-6-10(15)7-5-9/h1-7,17H,8H2. The number of anilines is 1. The first kappa shape index (κ1) is 12.7. The first-order valence-corrected chi connectivity index (χ1v) is 6.64. The van der Waals surface area contributed by atoms with Gasteiger partial charge in [0.2, 0.25) is 0 Å². The molecule has 0 unspecified atom stereocenters. The SMILES string of the molecule is Clc1ccc(CNc2cccc(Cl)c2Br)cc1. The quantitative estimate of drug-likeness (QED) is 0.797. The van der Waals surface area contributed by atoms with E-state index in [-0.39, 0.29) is 0 Å². The maximum absolute atomic E-state index is 6.01. The maximum atomic E-state index is 6.01. The third-order valence-corrected chi connectivity index (χ3v) is 4.00. The van der Waals surface area contributed by atoms with E-state index in [2.05, 4.69) is 21.2 Å². The summed E-state index contributed by atoms with van der Waals surface area (Å²) in [6.07, 6.45) is 0. The lowest BCUT2D eigenvalue weighted by atomic mass is 10.2. The van der Waals surface area contributed by atoms with Crippen molar-refractivity contribution in [3.05, 3.63) is 62.5 Å². The van der Waals surface area contributed by atoms with Crippen LogP contribution in [0.25, 0.3) is 0 Å². The minimum absolute atomic E-state index is 0.700. The molecule has 2 rings (SSSR count). The molecule has 0 fully saturated rings. The first-order chi connectivity index (χ1) is 8.16. The van der Waals surface area contributed by atoms with Crippen LogP contribution < -0.4 is 5.32 Å². The number of halogens is 3. The molecule has 2 aromatic carbocycles. The highest BCUT2D eigenvalue weighted by molar-refractivity contribution is 9.10. The van der Waals surface area contributed by atoms with Crippen LogP contribution in [0.3, 0.4) is 0 Å². The van der Waals surface area contributed by atoms with Crippen LogP contribution in [0, 0.1) is 0 Å². The maximum Gasteiger partial charge on any atom is 0.0593 e. The average molecular weight is 331 g/mol. The molecule has 0 spiro atoms. The van der Waals surface area contributed by atoms with Crippen molar-refractivity contribution in [2.45, 2.75) is 6.54 Å². The zero-order chi connectivity index (χ0) is 12.3. The molecule has 0 saturated carbocycles. The Kier molecular flexibility index (Phi) is 4.32. The van der Waals surface area contributed by atoms with E-state index in [1.54, 1.807) is 0 Å². The van der Waals surface area contributed by atoms with Gasteiger partial charge in [-0.15, -0.1) is 0 Å². The van der Waals surface area contributed by atoms with Crippen molar-refractivity contribution >= 4 is 44.8 Å². The largest absolute Gasteiger partial charge is 0.380 e. The predicted octanol–water partition coefficient (Wildman–Crippen LogP) is 5.37. The highest BCUT2D eigenvalue weighted by atomic mass is 79.9. The lowest BCUT2D eigenvalue weighted by molar-refractivity contribution is 1.15. The minimum atomic E-state index is 0.700. The van der Waals surface area contributed by atoms with Gasteiger partial charge in [-0.1, -0.05) is 41.4 Å². The molecule has 0 aromatic heterocycles. The molecule has 0 amide bonds. The smallest absolute Gasteiger partial charge is 0.0593 e. The van der Waals surface area contributed by atoms with E-state index >= 15 is 0 Å². The highest BCUT2D eigenvalue weighted by Gasteiger charge is 2.02. The molecule has 0 aliphatic rings. The Balaban J connectivity index is 2.07. The van der Waals surface area contributed by atoms with Gasteiger partial charge in [0.15, 0.2) is 0 Å². The van der Waals surface area contributed by atoms with Crippen LogP contribution in [0.1, 0.15) is 5.56 Å². The van der Waals surface area contributed by atoms with Gasteiger partial charge in [0.1, 0.15) is 0 Å². The summed E-state index contributed by atoms with van der Waals surface area (Å²) in [6, 6.07) is 13.5. The molecular formula is C13H10BrCl2N. The van der Waals surface area contributed by atoms with Crippen molar-refractivity contribution in [2.75, 3.05) is 5.32 Å². The summed E-state index contributed by atoms with van der Waals surface area (Å²) in [7, 11) is 0. The van der Waals surface area contributed by atoms with Crippen LogP contribution in [0.2, 0.25) is 10.0 Å². The van der Waals surface area contributed by atoms with E-state index in [0.717, 1.165) is 21.7 Å². The number of nitrogens with one attached hydrogen (secondary N) is 1. The lowest BCUT2D eigenvalue weighted by Gasteiger charge is -2.09. The van der Waals surface area contributed by atoms with Crippen LogP contribution in [0.15, 0.2) is 46.9 Å². The van der Waals surface area contributed by atoms with E-state index in [9.17, 15) is 0 Å². The molecule has 0 atom stereocenters. The molecule has 0 aliphatic carbocycles. The molecule has 0 saturated heterocycles. The fourth-order valence-electron chi connectivity index (χ4n) is 1.44. The van der Waals surface area contributed by atoms with Gasteiger partial charge in [0, 0.05) is 11.6 Å². The van der Waals surface area contributed by atoms with E-state index in [0.29, 0.717) is 5.02 Å². The summed E-state index contributed by atoms with van der Waals surface area (Å²) in [5, 5.41) is 4.76. The van der Waals surface area contributed by atoms with Crippen LogP contribution in [0.4, 0.5) is 5.69 Å². The van der Waals surface area contributed by atoms with Crippen molar-refractivity contribution in [1.82, 2.24) is 0 Å². The van der Waals surface area contributed by atoms with Gasteiger partial charge in [-0.3, -0.25) is 0 Å². The second-order valence-electron chi connectivity index (χ2n) is 3.58. The van der Waals surface area contributed by atoms with Gasteiger partial charge < -0.3 is 5.32 Å². The minimum Gasteiger partial charge on any atom is -0.380 e. The first-order valence-electron chi connectivity index (χ1n) is 5.09. The van der Waals surface area contributed by atoms with Gasteiger partial charge >= 0.3 is 0 Å². The Morgan fingerprint density at radius 3 is 2.41 bits per heavy atom. The topological polar surface area (TPSA) is 12.0 Å². The third kappa shape index (κ3) is 3.38. The van der Waals surface area contributed by atoms with Gasteiger partial charge in [-0.05, 0) is 45.8 Å². The van der Waals surface area contributed by atoms with Crippen molar-refractivity contribution in [1.29, 1.82) is 0 Å². The van der Waals surface area contributed by atoms with E-state index in [1.807, 2.05) is 42.5 Å². The average Bonchev–Trinajstić information content (AvgIpc) is 2.33. The molecular weight excluding hydrogens is 321 g/mol. The summed E-state index contributed by atoms with van der Waals surface area (Å²) < 4.78 is 0.885. The second-order valence-corrected chi connectivity index (χ2v) is 5.22. The Morgan fingerprint density at radius 2 is 1.71 bits per heavy atom. The summed E-state index contributed by atoms with van der Waals surface area (Å²) in [6.45, 7) is 0.732. The van der Waals surface area contributed by atoms with Gasteiger partial charge in [0.25, 0.3) is 0 Å². The Labute approximate surface area is 119 Å². The predicted molar refractivity (Wildman–Crippen MR) is 77.9 cm³/mol. The van der Waals surface area contributed by atoms with Crippen molar-refractivity contribution in [3.63, 3.8) is 0 Å². The molecule has 88 valence electrons. The zero-order valence-electron chi connectivity index (χ0n) is 8.88. The number of rotatable bonds is 3. The fraction of sp³-hybridized carbons (Fsp3) is 0.0769. The van der Waals surface area contributed by atoms with Crippen molar-refractivity contribution < 1.29 is 0 Å². The Bertz CT molecular complexity index is 511. The van der Waals surface area contributed by atoms with Crippen LogP contribution in [0.5, 0.6) is 0 Å². The molecule has 1 nitrogen and oxygen atoms in total. The fourth-order valence-corrected chi connectivity index (χ4v) is 2.14. The Hall–Kier alpha value is -0.700. The monoisotopic (exact) mass is 329 g/mol. The van der Waals surface area contributed by atoms with Gasteiger partial charge in [0.05, 0.1) is 15.2 Å². The van der Waals surface area contributed by atoms with Gasteiger partial charge in [-0.25, -0.2) is 0 Å². The Morgan fingerprint density at radius 1 is 1.00 bits per heavy atom. The molecule has 2 aromatic rings. The zero-order valence-corrected chi connectivity index (χ0v) is 12.0. The molecule has 17 heavy (non-hydrogen) atoms. The summed E-state index contributed by atoms with van der Waals surface area (Å²) in [4.78, 5) is 0. The number of benzene rings is 2. The lowest BCUT2D eigenvalue weighted by Crippen LogP contribution is -1.99. The number of hydrogen-bond acceptors (Lipinski definition) is 1. The summed E-state index contributed by atoms with van der Waals surface area (Å²) in [5.41, 5.74) is 2.15. The molecule has 0 heterocycles. The molecule has 1 N–H and O–H groups in total. The normalized spacial score (nSPS) is 10.3. The van der Waals surface area contributed by atoms with Gasteiger partial charge in [-0.2, -0.15) is 0 Å². The number of hydrogen-bond donors (Lipinski definition) is 1. The van der Waals surface area contributed by atoms with E-state index < -0.39 is 0 Å². The molecule has 4 heteroatoms. The van der Waals surface area contributed by atoms with Crippen LogP contribution >= 0.6 is 39.1 Å². The molecule has 0 aliphatic heterocycles. The van der Waals surface area contributed by atoms with E-state index in [1.165, 1.54) is 5.56 Å². The highest BCUT2D eigenvalue weighted by Crippen LogP contribution is 2.30. The van der Waals surface area contributed by atoms with Crippen molar-refractivity contribution in [3.8, 4) is 0 Å². The van der Waals surface area contributed by atoms with Crippen LogP contribution in [-0.2, 0) is 6.54 Å². The van der Waals surface area contributed by atoms with Crippen molar-refractivity contribution in [2.24, 2.45) is 0 Å².